The Morgan fingerprint density at radius 1 is 1.19 bits per heavy atom. The fourth-order valence-electron chi connectivity index (χ4n) is 2.65. The summed E-state index contributed by atoms with van der Waals surface area (Å²) in [5.74, 6) is 1.80. The van der Waals surface area contributed by atoms with Crippen LogP contribution in [0.25, 0.3) is 0 Å². The molecular weight excluding hydrogens is 266 g/mol. The Morgan fingerprint density at radius 2 is 2.05 bits per heavy atom. The molecule has 1 saturated heterocycles. The second kappa shape index (κ2) is 6.52. The molecule has 0 radical (unpaired) electrons. The zero-order valence-corrected chi connectivity index (χ0v) is 12.8. The molecule has 2 heterocycles. The third kappa shape index (κ3) is 4.00. The first-order valence-corrected chi connectivity index (χ1v) is 7.95. The van der Waals surface area contributed by atoms with E-state index in [2.05, 4.69) is 16.9 Å². The smallest absolute Gasteiger partial charge is 0.240 e. The number of nitrogen functional groups attached to an aromatic ring is 1. The predicted molar refractivity (Wildman–Crippen MR) is 82.6 cm³/mol. The molecule has 0 aromatic carbocycles. The van der Waals surface area contributed by atoms with Crippen LogP contribution in [0.3, 0.4) is 0 Å². The normalized spacial score (nSPS) is 23.0. The van der Waals surface area contributed by atoms with Crippen LogP contribution < -0.4 is 15.2 Å². The molecule has 116 valence electrons. The highest BCUT2D eigenvalue weighted by Crippen LogP contribution is 2.31. The van der Waals surface area contributed by atoms with Gasteiger partial charge in [0.25, 0.3) is 0 Å². The molecule has 2 fully saturated rings. The van der Waals surface area contributed by atoms with Gasteiger partial charge in [0.2, 0.25) is 11.8 Å². The Labute approximate surface area is 126 Å². The van der Waals surface area contributed by atoms with Crippen LogP contribution in [0.15, 0.2) is 12.1 Å². The summed E-state index contributed by atoms with van der Waals surface area (Å²) in [6.07, 6.45) is 6.26. The van der Waals surface area contributed by atoms with Gasteiger partial charge in [-0.25, -0.2) is 0 Å². The number of likely N-dealkylation sites (tertiary alicyclic amines) is 1. The second-order valence-corrected chi connectivity index (χ2v) is 6.24. The van der Waals surface area contributed by atoms with Crippen LogP contribution in [-0.4, -0.2) is 42.7 Å². The summed E-state index contributed by atoms with van der Waals surface area (Å²) in [4.78, 5) is 6.76. The van der Waals surface area contributed by atoms with Crippen molar-refractivity contribution in [2.24, 2.45) is 5.92 Å². The van der Waals surface area contributed by atoms with Gasteiger partial charge >= 0.3 is 0 Å². The number of likely N-dealkylation sites (N-methyl/N-ethyl adjacent to an activating group) is 1. The average Bonchev–Trinajstić information content (AvgIpc) is 3.31. The SMILES string of the molecule is CN1CCCCC1COc1ccc(N)c(OCC2CC2)n1. The highest BCUT2D eigenvalue weighted by atomic mass is 16.5. The molecular formula is C16H25N3O2. The third-order valence-corrected chi connectivity index (χ3v) is 4.36. The number of nitrogens with two attached hydrogens (primary N) is 1. The van der Waals surface area contributed by atoms with Crippen molar-refractivity contribution >= 4 is 5.69 Å². The largest absolute Gasteiger partial charge is 0.476 e. The summed E-state index contributed by atoms with van der Waals surface area (Å²) < 4.78 is 11.5. The molecule has 3 rings (SSSR count). The van der Waals surface area contributed by atoms with Gasteiger partial charge in [-0.2, -0.15) is 4.98 Å². The van der Waals surface area contributed by atoms with E-state index >= 15 is 0 Å². The molecule has 1 unspecified atom stereocenters. The average molecular weight is 291 g/mol. The van der Waals surface area contributed by atoms with Crippen LogP contribution >= 0.6 is 0 Å². The number of piperidine rings is 1. The van der Waals surface area contributed by atoms with Crippen molar-refractivity contribution in [3.05, 3.63) is 12.1 Å². The van der Waals surface area contributed by atoms with E-state index in [4.69, 9.17) is 15.2 Å². The Kier molecular flexibility index (Phi) is 4.48. The molecule has 2 N–H and O–H groups in total. The van der Waals surface area contributed by atoms with Crippen LogP contribution in [0.2, 0.25) is 0 Å². The first-order chi connectivity index (χ1) is 10.2. The van der Waals surface area contributed by atoms with Crippen molar-refractivity contribution in [1.82, 2.24) is 9.88 Å². The van der Waals surface area contributed by atoms with Gasteiger partial charge in [-0.3, -0.25) is 0 Å². The molecule has 1 aromatic heterocycles. The molecule has 0 bridgehead atoms. The molecule has 1 aliphatic heterocycles. The minimum atomic E-state index is 0.480. The first-order valence-electron chi connectivity index (χ1n) is 7.95. The number of aromatic nitrogens is 1. The zero-order chi connectivity index (χ0) is 14.7. The van der Waals surface area contributed by atoms with Gasteiger partial charge in [0, 0.05) is 12.1 Å². The topological polar surface area (TPSA) is 60.6 Å². The Morgan fingerprint density at radius 3 is 2.81 bits per heavy atom. The number of rotatable bonds is 6. The maximum absolute atomic E-state index is 5.91. The molecule has 1 atom stereocenters. The van der Waals surface area contributed by atoms with Crippen molar-refractivity contribution in [2.75, 3.05) is 32.5 Å². The number of pyridine rings is 1. The van der Waals surface area contributed by atoms with Gasteiger partial charge in [0.15, 0.2) is 0 Å². The maximum Gasteiger partial charge on any atom is 0.240 e. The van der Waals surface area contributed by atoms with Crippen molar-refractivity contribution in [2.45, 2.75) is 38.1 Å². The van der Waals surface area contributed by atoms with Crippen molar-refractivity contribution in [1.29, 1.82) is 0 Å². The van der Waals surface area contributed by atoms with E-state index in [1.165, 1.54) is 32.1 Å². The lowest BCUT2D eigenvalue weighted by atomic mass is 10.0. The fraction of sp³-hybridized carbons (Fsp3) is 0.688. The molecule has 5 nitrogen and oxygen atoms in total. The van der Waals surface area contributed by atoms with Gasteiger partial charge in [0.1, 0.15) is 6.61 Å². The van der Waals surface area contributed by atoms with Crippen LogP contribution in [0, 0.1) is 5.92 Å². The number of anilines is 1. The zero-order valence-electron chi connectivity index (χ0n) is 12.8. The van der Waals surface area contributed by atoms with E-state index in [0.717, 1.165) is 6.54 Å². The van der Waals surface area contributed by atoms with Gasteiger partial charge in [-0.1, -0.05) is 6.42 Å². The monoisotopic (exact) mass is 291 g/mol. The summed E-state index contributed by atoms with van der Waals surface area (Å²) in [7, 11) is 2.16. The third-order valence-electron chi connectivity index (χ3n) is 4.36. The highest BCUT2D eigenvalue weighted by molar-refractivity contribution is 5.49. The van der Waals surface area contributed by atoms with Gasteiger partial charge in [-0.15, -0.1) is 0 Å². The number of hydrogen-bond donors (Lipinski definition) is 1. The van der Waals surface area contributed by atoms with Crippen molar-refractivity contribution < 1.29 is 9.47 Å². The fourth-order valence-corrected chi connectivity index (χ4v) is 2.65. The lowest BCUT2D eigenvalue weighted by Crippen LogP contribution is -2.40. The minimum absolute atomic E-state index is 0.480. The number of hydrogen-bond acceptors (Lipinski definition) is 5. The molecule has 1 saturated carbocycles. The number of ether oxygens (including phenoxy) is 2. The molecule has 1 aromatic rings. The standard InChI is InChI=1S/C16H25N3O2/c1-19-9-3-2-4-13(19)11-20-15-8-7-14(17)16(18-15)21-10-12-5-6-12/h7-8,12-13H,2-6,9-11,17H2,1H3. The second-order valence-electron chi connectivity index (χ2n) is 6.24. The van der Waals surface area contributed by atoms with Crippen LogP contribution in [0.1, 0.15) is 32.1 Å². The van der Waals surface area contributed by atoms with E-state index < -0.39 is 0 Å². The van der Waals surface area contributed by atoms with E-state index in [-0.39, 0.29) is 0 Å². The summed E-state index contributed by atoms with van der Waals surface area (Å²) >= 11 is 0. The molecule has 5 heteroatoms. The van der Waals surface area contributed by atoms with E-state index in [9.17, 15) is 0 Å². The molecule has 1 aliphatic carbocycles. The number of nitrogens with zero attached hydrogens (tertiary/aromatic N) is 2. The maximum atomic E-state index is 5.91. The van der Waals surface area contributed by atoms with Gasteiger partial charge in [0.05, 0.1) is 12.3 Å². The molecule has 2 aliphatic rings. The minimum Gasteiger partial charge on any atom is -0.476 e. The first kappa shape index (κ1) is 14.4. The van der Waals surface area contributed by atoms with Crippen LogP contribution in [0.5, 0.6) is 11.8 Å². The predicted octanol–water partition coefficient (Wildman–Crippen LogP) is 2.32. The molecule has 0 spiro atoms. The molecule has 21 heavy (non-hydrogen) atoms. The molecule has 0 amide bonds. The quantitative estimate of drug-likeness (QED) is 0.871. The highest BCUT2D eigenvalue weighted by Gasteiger charge is 2.23. The van der Waals surface area contributed by atoms with E-state index in [0.29, 0.717) is 42.6 Å². The van der Waals surface area contributed by atoms with Crippen LogP contribution in [0.4, 0.5) is 5.69 Å². The van der Waals surface area contributed by atoms with Gasteiger partial charge in [-0.05, 0) is 51.3 Å². The Hall–Kier alpha value is -1.49. The van der Waals surface area contributed by atoms with E-state index in [1.54, 1.807) is 0 Å². The van der Waals surface area contributed by atoms with E-state index in [1.807, 2.05) is 12.1 Å². The lowest BCUT2D eigenvalue weighted by molar-refractivity contribution is 0.122. The lowest BCUT2D eigenvalue weighted by Gasteiger charge is -2.31. The van der Waals surface area contributed by atoms with Crippen molar-refractivity contribution in [3.8, 4) is 11.8 Å². The summed E-state index contributed by atoms with van der Waals surface area (Å²) in [5.41, 5.74) is 6.49. The summed E-state index contributed by atoms with van der Waals surface area (Å²) in [5, 5.41) is 0. The summed E-state index contributed by atoms with van der Waals surface area (Å²) in [6.45, 7) is 2.54. The van der Waals surface area contributed by atoms with Crippen molar-refractivity contribution in [3.63, 3.8) is 0 Å². The summed E-state index contributed by atoms with van der Waals surface area (Å²) in [6, 6.07) is 4.12. The van der Waals surface area contributed by atoms with Crippen LogP contribution in [-0.2, 0) is 0 Å². The Bertz CT molecular complexity index is 477. The van der Waals surface area contributed by atoms with Gasteiger partial charge < -0.3 is 20.1 Å². The Balaban J connectivity index is 1.55.